The van der Waals surface area contributed by atoms with Crippen molar-refractivity contribution < 1.29 is 9.90 Å². The van der Waals surface area contributed by atoms with Crippen LogP contribution >= 0.6 is 11.3 Å². The number of nitrogens with zero attached hydrogens (tertiary/aromatic N) is 1. The molecule has 1 N–H and O–H groups in total. The van der Waals surface area contributed by atoms with Crippen molar-refractivity contribution in [1.82, 2.24) is 0 Å². The Labute approximate surface area is 94.3 Å². The van der Waals surface area contributed by atoms with Crippen molar-refractivity contribution in [1.29, 1.82) is 0 Å². The molecule has 0 aliphatic heterocycles. The second-order valence-electron chi connectivity index (χ2n) is 4.45. The van der Waals surface area contributed by atoms with Crippen LogP contribution in [0.2, 0.25) is 0 Å². The average molecular weight is 227 g/mol. The minimum Gasteiger partial charge on any atom is -0.481 e. The zero-order chi connectivity index (χ0) is 11.6. The SMILES string of the molecule is Cc1ccsc1N(C)CC(C)(C)C(=O)O. The predicted molar refractivity (Wildman–Crippen MR) is 63.7 cm³/mol. The Morgan fingerprint density at radius 1 is 1.60 bits per heavy atom. The van der Waals surface area contributed by atoms with Crippen LogP contribution in [0.25, 0.3) is 0 Å². The molecule has 3 nitrogen and oxygen atoms in total. The van der Waals surface area contributed by atoms with Crippen LogP contribution in [0.1, 0.15) is 19.4 Å². The van der Waals surface area contributed by atoms with E-state index >= 15 is 0 Å². The molecule has 1 heterocycles. The molecule has 0 aliphatic carbocycles. The summed E-state index contributed by atoms with van der Waals surface area (Å²) in [5.74, 6) is -0.761. The van der Waals surface area contributed by atoms with E-state index in [9.17, 15) is 4.79 Å². The first-order valence-electron chi connectivity index (χ1n) is 4.83. The quantitative estimate of drug-likeness (QED) is 0.859. The summed E-state index contributed by atoms with van der Waals surface area (Å²) in [7, 11) is 1.93. The summed E-state index contributed by atoms with van der Waals surface area (Å²) < 4.78 is 0. The second kappa shape index (κ2) is 4.23. The number of aryl methyl sites for hydroxylation is 1. The summed E-state index contributed by atoms with van der Waals surface area (Å²) >= 11 is 1.64. The molecule has 0 atom stereocenters. The fraction of sp³-hybridized carbons (Fsp3) is 0.545. The van der Waals surface area contributed by atoms with E-state index in [1.165, 1.54) is 5.56 Å². The van der Waals surface area contributed by atoms with Gasteiger partial charge < -0.3 is 10.0 Å². The number of hydrogen-bond acceptors (Lipinski definition) is 3. The van der Waals surface area contributed by atoms with Gasteiger partial charge in [0.2, 0.25) is 0 Å². The third-order valence-electron chi connectivity index (χ3n) is 2.39. The Kier molecular flexibility index (Phi) is 3.39. The molecule has 0 fully saturated rings. The van der Waals surface area contributed by atoms with E-state index in [0.717, 1.165) is 5.00 Å². The standard InChI is InChI=1S/C11H17NO2S/c1-8-5-6-15-9(8)12(4)7-11(2,3)10(13)14/h5-6H,7H2,1-4H3,(H,13,14). The van der Waals surface area contributed by atoms with Gasteiger partial charge in [-0.05, 0) is 37.8 Å². The fourth-order valence-electron chi connectivity index (χ4n) is 1.49. The Bertz CT molecular complexity index is 357. The van der Waals surface area contributed by atoms with Crippen LogP contribution in [-0.2, 0) is 4.79 Å². The highest BCUT2D eigenvalue weighted by atomic mass is 32.1. The maximum absolute atomic E-state index is 11.0. The zero-order valence-corrected chi connectivity index (χ0v) is 10.4. The number of rotatable bonds is 4. The Balaban J connectivity index is 2.76. The van der Waals surface area contributed by atoms with Crippen LogP contribution in [0.15, 0.2) is 11.4 Å². The second-order valence-corrected chi connectivity index (χ2v) is 5.35. The molecule has 0 spiro atoms. The Morgan fingerprint density at radius 2 is 2.20 bits per heavy atom. The summed E-state index contributed by atoms with van der Waals surface area (Å²) in [4.78, 5) is 13.0. The van der Waals surface area contributed by atoms with E-state index in [2.05, 4.69) is 0 Å². The van der Waals surface area contributed by atoms with Gasteiger partial charge >= 0.3 is 5.97 Å². The van der Waals surface area contributed by atoms with Crippen molar-refractivity contribution in [2.75, 3.05) is 18.5 Å². The van der Waals surface area contributed by atoms with Crippen LogP contribution < -0.4 is 4.90 Å². The largest absolute Gasteiger partial charge is 0.481 e. The van der Waals surface area contributed by atoms with E-state index < -0.39 is 11.4 Å². The van der Waals surface area contributed by atoms with Gasteiger partial charge in [-0.2, -0.15) is 0 Å². The fourth-order valence-corrected chi connectivity index (χ4v) is 2.39. The highest BCUT2D eigenvalue weighted by Crippen LogP contribution is 2.28. The highest BCUT2D eigenvalue weighted by Gasteiger charge is 2.29. The van der Waals surface area contributed by atoms with E-state index in [1.54, 1.807) is 25.2 Å². The number of thiophene rings is 1. The first-order valence-corrected chi connectivity index (χ1v) is 5.71. The summed E-state index contributed by atoms with van der Waals surface area (Å²) in [5, 5.41) is 12.2. The van der Waals surface area contributed by atoms with E-state index in [0.29, 0.717) is 6.54 Å². The maximum atomic E-state index is 11.0. The van der Waals surface area contributed by atoms with Crippen molar-refractivity contribution in [3.8, 4) is 0 Å². The molecule has 1 aromatic heterocycles. The third kappa shape index (κ3) is 2.72. The van der Waals surface area contributed by atoms with Gasteiger partial charge in [0, 0.05) is 13.6 Å². The van der Waals surface area contributed by atoms with Gasteiger partial charge in [-0.1, -0.05) is 0 Å². The Morgan fingerprint density at radius 3 is 2.60 bits per heavy atom. The van der Waals surface area contributed by atoms with Crippen LogP contribution in [-0.4, -0.2) is 24.7 Å². The summed E-state index contributed by atoms with van der Waals surface area (Å²) in [6.45, 7) is 6.04. The Hall–Kier alpha value is -1.03. The molecule has 4 heteroatoms. The smallest absolute Gasteiger partial charge is 0.310 e. The monoisotopic (exact) mass is 227 g/mol. The molecule has 0 aliphatic rings. The summed E-state index contributed by atoms with van der Waals surface area (Å²) in [5.41, 5.74) is 0.481. The molecule has 0 aromatic carbocycles. The minimum atomic E-state index is -0.761. The highest BCUT2D eigenvalue weighted by molar-refractivity contribution is 7.14. The molecule has 1 rings (SSSR count). The maximum Gasteiger partial charge on any atom is 0.310 e. The van der Waals surface area contributed by atoms with Crippen LogP contribution in [0.5, 0.6) is 0 Å². The number of hydrogen-bond donors (Lipinski definition) is 1. The van der Waals surface area contributed by atoms with E-state index in [4.69, 9.17) is 5.11 Å². The molecule has 15 heavy (non-hydrogen) atoms. The minimum absolute atomic E-state index is 0.518. The molecule has 84 valence electrons. The van der Waals surface area contributed by atoms with Gasteiger partial charge in [0.25, 0.3) is 0 Å². The topological polar surface area (TPSA) is 40.5 Å². The number of anilines is 1. The van der Waals surface area contributed by atoms with Crippen LogP contribution in [0.4, 0.5) is 5.00 Å². The number of carbonyl (C=O) groups is 1. The van der Waals surface area contributed by atoms with Gasteiger partial charge in [0.15, 0.2) is 0 Å². The van der Waals surface area contributed by atoms with Crippen molar-refractivity contribution >= 4 is 22.3 Å². The lowest BCUT2D eigenvalue weighted by atomic mass is 9.93. The molecular formula is C11H17NO2S. The lowest BCUT2D eigenvalue weighted by molar-refractivity contribution is -0.146. The van der Waals surface area contributed by atoms with E-state index in [1.807, 2.05) is 30.3 Å². The van der Waals surface area contributed by atoms with E-state index in [-0.39, 0.29) is 0 Å². The first kappa shape index (κ1) is 12.0. The summed E-state index contributed by atoms with van der Waals surface area (Å²) in [6, 6.07) is 2.05. The molecular weight excluding hydrogens is 210 g/mol. The van der Waals surface area contributed by atoms with Crippen molar-refractivity contribution in [2.24, 2.45) is 5.41 Å². The number of carboxylic acid groups (broad SMARTS) is 1. The zero-order valence-electron chi connectivity index (χ0n) is 9.57. The van der Waals surface area contributed by atoms with Gasteiger partial charge in [0.05, 0.1) is 10.4 Å². The number of carboxylic acids is 1. The average Bonchev–Trinajstić information content (AvgIpc) is 2.50. The lowest BCUT2D eigenvalue weighted by Crippen LogP contribution is -2.37. The van der Waals surface area contributed by atoms with Crippen molar-refractivity contribution in [3.63, 3.8) is 0 Å². The normalized spacial score (nSPS) is 11.5. The van der Waals surface area contributed by atoms with Crippen molar-refractivity contribution in [3.05, 3.63) is 17.0 Å². The molecule has 0 bridgehead atoms. The lowest BCUT2D eigenvalue weighted by Gasteiger charge is -2.27. The predicted octanol–water partition coefficient (Wildman–Crippen LogP) is 2.60. The molecule has 0 amide bonds. The molecule has 0 radical (unpaired) electrons. The van der Waals surface area contributed by atoms with Crippen molar-refractivity contribution in [2.45, 2.75) is 20.8 Å². The van der Waals surface area contributed by atoms with Gasteiger partial charge in [0.1, 0.15) is 0 Å². The molecule has 0 saturated heterocycles. The number of aliphatic carboxylic acids is 1. The molecule has 1 aromatic rings. The third-order valence-corrected chi connectivity index (χ3v) is 3.52. The van der Waals surface area contributed by atoms with Crippen LogP contribution in [0, 0.1) is 12.3 Å². The van der Waals surface area contributed by atoms with Gasteiger partial charge in [-0.25, -0.2) is 0 Å². The van der Waals surface area contributed by atoms with Gasteiger partial charge in [-0.15, -0.1) is 11.3 Å². The molecule has 0 saturated carbocycles. The summed E-state index contributed by atoms with van der Waals surface area (Å²) in [6.07, 6.45) is 0. The van der Waals surface area contributed by atoms with Gasteiger partial charge in [-0.3, -0.25) is 4.79 Å². The first-order chi connectivity index (χ1) is 6.84. The molecule has 0 unspecified atom stereocenters. The van der Waals surface area contributed by atoms with Crippen LogP contribution in [0.3, 0.4) is 0 Å².